The van der Waals surface area contributed by atoms with Crippen molar-refractivity contribution >= 4 is 42.5 Å². The van der Waals surface area contributed by atoms with E-state index in [0.717, 1.165) is 0 Å². The molecule has 1 amide bonds. The number of nitrogens with one attached hydrogen (secondary N) is 1. The van der Waals surface area contributed by atoms with E-state index in [1.807, 2.05) is 18.4 Å². The quantitative estimate of drug-likeness (QED) is 0.486. The molecule has 1 aliphatic rings. The van der Waals surface area contributed by atoms with Gasteiger partial charge in [-0.3, -0.25) is 4.79 Å². The molecule has 0 unspecified atom stereocenters. The maximum absolute atomic E-state index is 14.0. The number of rotatable bonds is 6. The predicted molar refractivity (Wildman–Crippen MR) is 134 cm³/mol. The van der Waals surface area contributed by atoms with E-state index in [-0.39, 0.29) is 42.7 Å². The minimum absolute atomic E-state index is 0. The number of benzene rings is 2. The van der Waals surface area contributed by atoms with Crippen LogP contribution in [0.2, 0.25) is 5.02 Å². The summed E-state index contributed by atoms with van der Waals surface area (Å²) in [6.45, 7) is 4.95. The van der Waals surface area contributed by atoms with Gasteiger partial charge < -0.3 is 19.9 Å². The number of carbonyl (C=O) groups is 1. The van der Waals surface area contributed by atoms with E-state index in [0.29, 0.717) is 48.1 Å². The van der Waals surface area contributed by atoms with Gasteiger partial charge in [0.15, 0.2) is 0 Å². The van der Waals surface area contributed by atoms with Gasteiger partial charge in [-0.15, -0.1) is 0 Å². The summed E-state index contributed by atoms with van der Waals surface area (Å²) in [7, 11) is 0. The maximum Gasteiger partial charge on any atom is 0.251 e. The third kappa shape index (κ3) is 5.54. The minimum Gasteiger partial charge on any atom is -0.383 e. The summed E-state index contributed by atoms with van der Waals surface area (Å²) >= 11 is 5.81. The number of hydrogen-bond donors (Lipinski definition) is 2. The lowest BCUT2D eigenvalue weighted by atomic mass is 10.0. The molecule has 0 fully saturated rings. The van der Waals surface area contributed by atoms with Crippen molar-refractivity contribution in [2.24, 2.45) is 5.92 Å². The number of anilines is 2. The van der Waals surface area contributed by atoms with E-state index in [1.54, 1.807) is 23.1 Å². The first kappa shape index (κ1) is 26.0. The molecule has 3 aromatic rings. The molecule has 2 heterocycles. The molecule has 1 aliphatic heterocycles. The SMILES string of the molecule is CC(C)C[C@H](O)C(=O)N1CCn2c(nc(-c3ccc(F)cc3)c2Nc2ccc(Cl)c(F)c2)C1.S. The number of carbonyl (C=O) groups excluding carboxylic acids is 1. The molecule has 2 aromatic carbocycles. The Balaban J connectivity index is 0.00000324. The summed E-state index contributed by atoms with van der Waals surface area (Å²) in [6.07, 6.45) is -0.669. The highest BCUT2D eigenvalue weighted by atomic mass is 35.5. The van der Waals surface area contributed by atoms with Crippen LogP contribution in [0.1, 0.15) is 26.1 Å². The molecule has 0 spiro atoms. The summed E-state index contributed by atoms with van der Waals surface area (Å²) in [5.74, 6) is 0.162. The molecule has 0 bridgehead atoms. The number of imidazole rings is 1. The van der Waals surface area contributed by atoms with Crippen molar-refractivity contribution in [1.29, 1.82) is 0 Å². The van der Waals surface area contributed by atoms with Crippen LogP contribution < -0.4 is 5.32 Å². The molecular formula is C24H27ClF2N4O2S. The second kappa shape index (κ2) is 10.8. The fourth-order valence-electron chi connectivity index (χ4n) is 3.92. The number of aliphatic hydroxyl groups is 1. The van der Waals surface area contributed by atoms with Crippen molar-refractivity contribution in [2.45, 2.75) is 39.5 Å². The molecule has 1 aromatic heterocycles. The highest BCUT2D eigenvalue weighted by Crippen LogP contribution is 2.34. The number of amides is 1. The van der Waals surface area contributed by atoms with Gasteiger partial charge in [0.2, 0.25) is 0 Å². The van der Waals surface area contributed by atoms with Gasteiger partial charge >= 0.3 is 0 Å². The van der Waals surface area contributed by atoms with Gasteiger partial charge in [-0.25, -0.2) is 13.8 Å². The highest BCUT2D eigenvalue weighted by Gasteiger charge is 2.30. The third-order valence-electron chi connectivity index (χ3n) is 5.56. The number of hydrogen-bond acceptors (Lipinski definition) is 4. The second-order valence-corrected chi connectivity index (χ2v) is 8.95. The van der Waals surface area contributed by atoms with E-state index in [2.05, 4.69) is 5.32 Å². The zero-order chi connectivity index (χ0) is 23.7. The predicted octanol–water partition coefficient (Wildman–Crippen LogP) is 5.09. The Morgan fingerprint density at radius 2 is 1.88 bits per heavy atom. The topological polar surface area (TPSA) is 70.4 Å². The summed E-state index contributed by atoms with van der Waals surface area (Å²) in [5.41, 5.74) is 1.71. The Labute approximate surface area is 209 Å². The van der Waals surface area contributed by atoms with Crippen molar-refractivity contribution in [3.05, 3.63) is 64.9 Å². The average molecular weight is 509 g/mol. The van der Waals surface area contributed by atoms with Crippen LogP contribution in [0, 0.1) is 17.6 Å². The first-order chi connectivity index (χ1) is 15.7. The average Bonchev–Trinajstić information content (AvgIpc) is 3.13. The lowest BCUT2D eigenvalue weighted by Gasteiger charge is -2.30. The number of aromatic nitrogens is 2. The van der Waals surface area contributed by atoms with Crippen molar-refractivity contribution in [2.75, 3.05) is 11.9 Å². The largest absolute Gasteiger partial charge is 0.383 e. The van der Waals surface area contributed by atoms with E-state index in [4.69, 9.17) is 16.6 Å². The van der Waals surface area contributed by atoms with E-state index < -0.39 is 11.9 Å². The lowest BCUT2D eigenvalue weighted by Crippen LogP contribution is -2.44. The Morgan fingerprint density at radius 1 is 1.18 bits per heavy atom. The summed E-state index contributed by atoms with van der Waals surface area (Å²) in [6, 6.07) is 10.3. The number of fused-ring (bicyclic) bond motifs is 1. The van der Waals surface area contributed by atoms with Crippen LogP contribution in [0.25, 0.3) is 11.3 Å². The Bertz CT molecular complexity index is 1170. The van der Waals surface area contributed by atoms with Crippen LogP contribution in [0.15, 0.2) is 42.5 Å². The minimum atomic E-state index is -1.06. The molecule has 1 atom stereocenters. The van der Waals surface area contributed by atoms with Crippen LogP contribution in [0.3, 0.4) is 0 Å². The molecule has 6 nitrogen and oxygen atoms in total. The van der Waals surface area contributed by atoms with E-state index in [9.17, 15) is 18.7 Å². The van der Waals surface area contributed by atoms with Crippen LogP contribution in [0.5, 0.6) is 0 Å². The fourth-order valence-corrected chi connectivity index (χ4v) is 4.04. The first-order valence-electron chi connectivity index (χ1n) is 10.8. The highest BCUT2D eigenvalue weighted by molar-refractivity contribution is 7.59. The molecule has 4 rings (SSSR count). The van der Waals surface area contributed by atoms with Crippen LogP contribution >= 0.6 is 25.1 Å². The maximum atomic E-state index is 14.0. The smallest absolute Gasteiger partial charge is 0.251 e. The molecule has 10 heteroatoms. The third-order valence-corrected chi connectivity index (χ3v) is 5.87. The Kier molecular flexibility index (Phi) is 8.22. The zero-order valence-corrected chi connectivity index (χ0v) is 20.6. The van der Waals surface area contributed by atoms with E-state index in [1.165, 1.54) is 24.3 Å². The number of aliphatic hydroxyl groups excluding tert-OH is 1. The van der Waals surface area contributed by atoms with Crippen LogP contribution in [-0.2, 0) is 17.9 Å². The molecule has 182 valence electrons. The molecule has 0 saturated heterocycles. The molecule has 2 N–H and O–H groups in total. The number of halogens is 3. The first-order valence-corrected chi connectivity index (χ1v) is 11.1. The second-order valence-electron chi connectivity index (χ2n) is 8.54. The van der Waals surface area contributed by atoms with Gasteiger partial charge in [-0.2, -0.15) is 13.5 Å². The van der Waals surface area contributed by atoms with Crippen molar-refractivity contribution < 1.29 is 18.7 Å². The molecule has 0 saturated carbocycles. The van der Waals surface area contributed by atoms with Gasteiger partial charge in [0, 0.05) is 24.3 Å². The van der Waals surface area contributed by atoms with Crippen molar-refractivity contribution in [3.8, 4) is 11.3 Å². The van der Waals surface area contributed by atoms with Crippen molar-refractivity contribution in [3.63, 3.8) is 0 Å². The van der Waals surface area contributed by atoms with Crippen LogP contribution in [0.4, 0.5) is 20.3 Å². The zero-order valence-electron chi connectivity index (χ0n) is 18.9. The van der Waals surface area contributed by atoms with Gasteiger partial charge in [0.05, 0.1) is 11.6 Å². The van der Waals surface area contributed by atoms with Gasteiger partial charge in [0.25, 0.3) is 5.91 Å². The molecule has 0 aliphatic carbocycles. The summed E-state index contributed by atoms with van der Waals surface area (Å²) in [4.78, 5) is 19.0. The van der Waals surface area contributed by atoms with Crippen molar-refractivity contribution in [1.82, 2.24) is 14.5 Å². The lowest BCUT2D eigenvalue weighted by molar-refractivity contribution is -0.142. The van der Waals surface area contributed by atoms with Gasteiger partial charge in [-0.05, 0) is 54.8 Å². The van der Waals surface area contributed by atoms with Crippen LogP contribution in [-0.4, -0.2) is 38.1 Å². The summed E-state index contributed by atoms with van der Waals surface area (Å²) < 4.78 is 29.4. The Morgan fingerprint density at radius 3 is 2.53 bits per heavy atom. The molecule has 0 radical (unpaired) electrons. The van der Waals surface area contributed by atoms with Gasteiger partial charge in [0.1, 0.15) is 35.1 Å². The molecule has 34 heavy (non-hydrogen) atoms. The standard InChI is InChI=1S/C24H25ClF2N4O2.H2S/c1-14(2)11-20(32)24(33)30-9-10-31-21(13-30)29-22(15-3-5-16(26)6-4-15)23(31)28-17-7-8-18(25)19(27)12-17;/h3-8,12,14,20,28,32H,9-11,13H2,1-2H3;1H2/t20-;/m0./s1. The Hall–Kier alpha value is -2.62. The molecular weight excluding hydrogens is 482 g/mol. The number of nitrogens with zero attached hydrogens (tertiary/aromatic N) is 3. The summed E-state index contributed by atoms with van der Waals surface area (Å²) in [5, 5.41) is 13.5. The monoisotopic (exact) mass is 508 g/mol. The normalized spacial score (nSPS) is 13.9. The fraction of sp³-hybridized carbons (Fsp3) is 0.333. The van der Waals surface area contributed by atoms with E-state index >= 15 is 0 Å². The van der Waals surface area contributed by atoms with Gasteiger partial charge in [-0.1, -0.05) is 25.4 Å².